The number of hydrogen-bond acceptors (Lipinski definition) is 1. The van der Waals surface area contributed by atoms with Crippen LogP contribution in [0.2, 0.25) is 0 Å². The molecule has 17 heavy (non-hydrogen) atoms. The van der Waals surface area contributed by atoms with Gasteiger partial charge in [-0.15, -0.1) is 0 Å². The van der Waals surface area contributed by atoms with Crippen molar-refractivity contribution in [3.05, 3.63) is 35.5 Å². The molecule has 0 unspecified atom stereocenters. The van der Waals surface area contributed by atoms with Crippen LogP contribution in [-0.4, -0.2) is 17.3 Å². The quantitative estimate of drug-likeness (QED) is 0.721. The van der Waals surface area contributed by atoms with Crippen molar-refractivity contribution in [2.24, 2.45) is 0 Å². The third kappa shape index (κ3) is 1.51. The summed E-state index contributed by atoms with van der Waals surface area (Å²) in [6.45, 7) is 2.00. The standard InChI is InChI=1S/C15H17NO/c1-3-7-14-12(5-1)13-6-2-4-8-15(13)16(14)9-11-10-17-11/h1,3,5,7,11H,2,4,6,8-10H2/t11-/m1/s1. The third-order valence-electron chi connectivity index (χ3n) is 4.07. The van der Waals surface area contributed by atoms with Crippen molar-refractivity contribution in [2.45, 2.75) is 38.3 Å². The third-order valence-corrected chi connectivity index (χ3v) is 4.07. The van der Waals surface area contributed by atoms with Crippen molar-refractivity contribution in [1.29, 1.82) is 0 Å². The number of aromatic nitrogens is 1. The number of nitrogens with zero attached hydrogens (tertiary/aromatic N) is 1. The molecular weight excluding hydrogens is 210 g/mol. The highest BCUT2D eigenvalue weighted by Gasteiger charge is 2.27. The van der Waals surface area contributed by atoms with Crippen LogP contribution in [0.15, 0.2) is 24.3 Å². The highest BCUT2D eigenvalue weighted by molar-refractivity contribution is 5.85. The molecule has 4 rings (SSSR count). The zero-order valence-electron chi connectivity index (χ0n) is 9.98. The van der Waals surface area contributed by atoms with E-state index in [0.717, 1.165) is 13.2 Å². The van der Waals surface area contributed by atoms with Crippen molar-refractivity contribution in [3.63, 3.8) is 0 Å². The first-order chi connectivity index (χ1) is 8.43. The molecule has 88 valence electrons. The number of fused-ring (bicyclic) bond motifs is 3. The maximum absolute atomic E-state index is 5.40. The summed E-state index contributed by atoms with van der Waals surface area (Å²) < 4.78 is 7.92. The van der Waals surface area contributed by atoms with Crippen LogP contribution >= 0.6 is 0 Å². The van der Waals surface area contributed by atoms with E-state index >= 15 is 0 Å². The van der Waals surface area contributed by atoms with E-state index in [1.54, 1.807) is 11.3 Å². The number of benzene rings is 1. The topological polar surface area (TPSA) is 17.5 Å². The van der Waals surface area contributed by atoms with Gasteiger partial charge in [-0.2, -0.15) is 0 Å². The highest BCUT2D eigenvalue weighted by atomic mass is 16.6. The van der Waals surface area contributed by atoms with Gasteiger partial charge in [-0.25, -0.2) is 0 Å². The van der Waals surface area contributed by atoms with Crippen LogP contribution in [-0.2, 0) is 24.1 Å². The molecule has 0 bridgehead atoms. The Kier molecular flexibility index (Phi) is 2.06. The van der Waals surface area contributed by atoms with Crippen LogP contribution < -0.4 is 0 Å². The Hall–Kier alpha value is -1.28. The van der Waals surface area contributed by atoms with Crippen molar-refractivity contribution in [2.75, 3.05) is 6.61 Å². The van der Waals surface area contributed by atoms with Gasteiger partial charge in [-0.05, 0) is 37.3 Å². The maximum atomic E-state index is 5.40. The molecule has 2 aliphatic rings. The second-order valence-corrected chi connectivity index (χ2v) is 5.22. The minimum atomic E-state index is 0.469. The second kappa shape index (κ2) is 3.61. The molecule has 2 heteroatoms. The average Bonchev–Trinajstić information content (AvgIpc) is 3.15. The Morgan fingerprint density at radius 3 is 2.88 bits per heavy atom. The summed E-state index contributed by atoms with van der Waals surface area (Å²) >= 11 is 0. The molecule has 2 aromatic rings. The van der Waals surface area contributed by atoms with E-state index in [2.05, 4.69) is 28.8 Å². The van der Waals surface area contributed by atoms with E-state index in [0.29, 0.717) is 6.10 Å². The molecule has 1 aromatic heterocycles. The Morgan fingerprint density at radius 1 is 1.18 bits per heavy atom. The minimum Gasteiger partial charge on any atom is -0.371 e. The largest absolute Gasteiger partial charge is 0.371 e. The van der Waals surface area contributed by atoms with Crippen molar-refractivity contribution >= 4 is 10.9 Å². The molecule has 1 aliphatic carbocycles. The number of hydrogen-bond donors (Lipinski definition) is 0. The average molecular weight is 227 g/mol. The predicted molar refractivity (Wildman–Crippen MR) is 68.3 cm³/mol. The fraction of sp³-hybridized carbons (Fsp3) is 0.467. The van der Waals surface area contributed by atoms with Gasteiger partial charge in [0.1, 0.15) is 0 Å². The maximum Gasteiger partial charge on any atom is 0.0988 e. The Labute approximate surface area is 101 Å². The Balaban J connectivity index is 1.94. The fourth-order valence-electron chi connectivity index (χ4n) is 3.17. The van der Waals surface area contributed by atoms with Gasteiger partial charge in [0.25, 0.3) is 0 Å². The predicted octanol–water partition coefficient (Wildman–Crippen LogP) is 2.92. The van der Waals surface area contributed by atoms with Gasteiger partial charge in [-0.3, -0.25) is 0 Å². The van der Waals surface area contributed by atoms with Crippen LogP contribution in [0.4, 0.5) is 0 Å². The van der Waals surface area contributed by atoms with Crippen LogP contribution in [0.25, 0.3) is 10.9 Å². The number of ether oxygens (including phenoxy) is 1. The molecule has 1 aromatic carbocycles. The lowest BCUT2D eigenvalue weighted by atomic mass is 9.95. The first-order valence-electron chi connectivity index (χ1n) is 6.64. The van der Waals surface area contributed by atoms with Crippen molar-refractivity contribution in [1.82, 2.24) is 4.57 Å². The lowest BCUT2D eigenvalue weighted by Crippen LogP contribution is -2.11. The van der Waals surface area contributed by atoms with E-state index in [9.17, 15) is 0 Å². The minimum absolute atomic E-state index is 0.469. The summed E-state index contributed by atoms with van der Waals surface area (Å²) in [4.78, 5) is 0. The molecule has 1 atom stereocenters. The first-order valence-corrected chi connectivity index (χ1v) is 6.64. The lowest BCUT2D eigenvalue weighted by molar-refractivity contribution is 0.382. The molecule has 2 heterocycles. The molecule has 0 spiro atoms. The smallest absolute Gasteiger partial charge is 0.0988 e. The first kappa shape index (κ1) is 9.72. The molecule has 0 N–H and O–H groups in total. The van der Waals surface area contributed by atoms with E-state index in [4.69, 9.17) is 4.74 Å². The van der Waals surface area contributed by atoms with E-state index in [1.165, 1.54) is 36.6 Å². The van der Waals surface area contributed by atoms with Gasteiger partial charge in [0.05, 0.1) is 19.3 Å². The summed E-state index contributed by atoms with van der Waals surface area (Å²) in [6.07, 6.45) is 5.66. The van der Waals surface area contributed by atoms with Crippen molar-refractivity contribution in [3.8, 4) is 0 Å². The molecule has 1 fully saturated rings. The molecular formula is C15H17NO. The van der Waals surface area contributed by atoms with Crippen molar-refractivity contribution < 1.29 is 4.74 Å². The molecule has 1 aliphatic heterocycles. The number of rotatable bonds is 2. The summed E-state index contributed by atoms with van der Waals surface area (Å²) in [6, 6.07) is 8.85. The SMILES string of the molecule is c1ccc2c(c1)c1c(n2C[C@@H]2CO2)CCCC1. The van der Waals surface area contributed by atoms with E-state index < -0.39 is 0 Å². The van der Waals surface area contributed by atoms with Crippen LogP contribution in [0, 0.1) is 0 Å². The Bertz CT molecular complexity index is 566. The van der Waals surface area contributed by atoms with Crippen LogP contribution in [0.1, 0.15) is 24.1 Å². The highest BCUT2D eigenvalue weighted by Crippen LogP contribution is 2.33. The second-order valence-electron chi connectivity index (χ2n) is 5.22. The van der Waals surface area contributed by atoms with E-state index in [-0.39, 0.29) is 0 Å². The summed E-state index contributed by atoms with van der Waals surface area (Å²) in [5.41, 5.74) is 4.59. The zero-order valence-corrected chi connectivity index (χ0v) is 9.98. The fourth-order valence-corrected chi connectivity index (χ4v) is 3.17. The van der Waals surface area contributed by atoms with Crippen LogP contribution in [0.5, 0.6) is 0 Å². The zero-order chi connectivity index (χ0) is 11.2. The Morgan fingerprint density at radius 2 is 2.00 bits per heavy atom. The summed E-state index contributed by atoms with van der Waals surface area (Å²) in [5.74, 6) is 0. The van der Waals surface area contributed by atoms with Gasteiger partial charge in [-0.1, -0.05) is 18.2 Å². The van der Waals surface area contributed by atoms with Gasteiger partial charge < -0.3 is 9.30 Å². The number of aryl methyl sites for hydroxylation is 1. The number of epoxide rings is 1. The van der Waals surface area contributed by atoms with Crippen LogP contribution in [0.3, 0.4) is 0 Å². The monoisotopic (exact) mass is 227 g/mol. The molecule has 2 nitrogen and oxygen atoms in total. The molecule has 0 amide bonds. The van der Waals surface area contributed by atoms with Gasteiger partial charge >= 0.3 is 0 Å². The number of para-hydroxylation sites is 1. The molecule has 0 radical (unpaired) electrons. The van der Waals surface area contributed by atoms with Gasteiger partial charge in [0.2, 0.25) is 0 Å². The summed E-state index contributed by atoms with van der Waals surface area (Å²) in [7, 11) is 0. The molecule has 1 saturated heterocycles. The summed E-state index contributed by atoms with van der Waals surface area (Å²) in [5, 5.41) is 1.47. The van der Waals surface area contributed by atoms with E-state index in [1.807, 2.05) is 0 Å². The molecule has 0 saturated carbocycles. The van der Waals surface area contributed by atoms with Gasteiger partial charge in [0.15, 0.2) is 0 Å². The van der Waals surface area contributed by atoms with Gasteiger partial charge in [0, 0.05) is 16.6 Å². The normalized spacial score (nSPS) is 22.7. The lowest BCUT2D eigenvalue weighted by Gasteiger charge is -2.15.